The molecular weight excluding hydrogens is 306 g/mol. The predicted octanol–water partition coefficient (Wildman–Crippen LogP) is 2.67. The molecule has 0 spiro atoms. The van der Waals surface area contributed by atoms with Gasteiger partial charge in [0.1, 0.15) is 5.69 Å². The summed E-state index contributed by atoms with van der Waals surface area (Å²) in [7, 11) is 0. The van der Waals surface area contributed by atoms with Gasteiger partial charge in [-0.05, 0) is 17.5 Å². The van der Waals surface area contributed by atoms with Crippen molar-refractivity contribution in [2.24, 2.45) is 0 Å². The number of thiazole rings is 1. The van der Waals surface area contributed by atoms with Gasteiger partial charge in [0.2, 0.25) is 5.95 Å². The summed E-state index contributed by atoms with van der Waals surface area (Å²) in [6.45, 7) is 0.512. The largest absolute Gasteiger partial charge is 0.346 e. The van der Waals surface area contributed by atoms with Crippen molar-refractivity contribution in [3.63, 3.8) is 0 Å². The molecule has 0 aromatic carbocycles. The van der Waals surface area contributed by atoms with Crippen molar-refractivity contribution in [1.82, 2.24) is 20.3 Å². The van der Waals surface area contributed by atoms with E-state index in [1.165, 1.54) is 11.3 Å². The zero-order chi connectivity index (χ0) is 14.5. The molecule has 3 rings (SSSR count). The molecule has 0 saturated heterocycles. The van der Waals surface area contributed by atoms with Crippen molar-refractivity contribution in [3.8, 4) is 0 Å². The molecule has 0 radical (unpaired) electrons. The highest BCUT2D eigenvalue weighted by Crippen LogP contribution is 2.18. The number of carbonyl (C=O) groups is 1. The highest BCUT2D eigenvalue weighted by atomic mass is 32.1. The van der Waals surface area contributed by atoms with Gasteiger partial charge in [-0.3, -0.25) is 4.79 Å². The number of hydrogen-bond donors (Lipinski definition) is 2. The van der Waals surface area contributed by atoms with Gasteiger partial charge in [-0.2, -0.15) is 0 Å². The minimum Gasteiger partial charge on any atom is -0.346 e. The van der Waals surface area contributed by atoms with Crippen LogP contribution in [0.1, 0.15) is 15.4 Å². The van der Waals surface area contributed by atoms with Gasteiger partial charge in [-0.15, -0.1) is 22.7 Å². The number of aromatic nitrogens is 3. The first-order valence-corrected chi connectivity index (χ1v) is 7.87. The second kappa shape index (κ2) is 6.42. The summed E-state index contributed by atoms with van der Waals surface area (Å²) in [6.07, 6.45) is 3.27. The Balaban J connectivity index is 1.60. The molecule has 0 bridgehead atoms. The number of carbonyl (C=O) groups excluding carboxylic acids is 1. The van der Waals surface area contributed by atoms with E-state index in [-0.39, 0.29) is 5.91 Å². The van der Waals surface area contributed by atoms with Crippen molar-refractivity contribution in [3.05, 3.63) is 51.9 Å². The van der Waals surface area contributed by atoms with Crippen LogP contribution in [0.3, 0.4) is 0 Å². The fourth-order valence-corrected chi connectivity index (χ4v) is 2.89. The van der Waals surface area contributed by atoms with E-state index in [1.54, 1.807) is 35.2 Å². The van der Waals surface area contributed by atoms with Gasteiger partial charge < -0.3 is 10.6 Å². The summed E-state index contributed by atoms with van der Waals surface area (Å²) in [6, 6.07) is 5.67. The standard InChI is InChI=1S/C13H11N5OS2/c19-11(16-7-9-3-1-6-20-9)10-8-21-13(17-10)18-12-14-4-2-5-15-12/h1-6,8H,7H2,(H,16,19)(H,14,15,17,18). The second-order valence-corrected chi connectivity index (χ2v) is 5.89. The third kappa shape index (κ3) is 3.61. The fraction of sp³-hybridized carbons (Fsp3) is 0.0769. The van der Waals surface area contributed by atoms with Crippen LogP contribution in [0.4, 0.5) is 11.1 Å². The van der Waals surface area contributed by atoms with Crippen molar-refractivity contribution >= 4 is 39.7 Å². The Morgan fingerprint density at radius 1 is 1.19 bits per heavy atom. The first-order valence-electron chi connectivity index (χ1n) is 6.11. The summed E-state index contributed by atoms with van der Waals surface area (Å²) < 4.78 is 0. The lowest BCUT2D eigenvalue weighted by atomic mass is 10.4. The first-order chi connectivity index (χ1) is 10.3. The molecule has 0 aliphatic carbocycles. The maximum atomic E-state index is 12.0. The Labute approximate surface area is 128 Å². The van der Waals surface area contributed by atoms with E-state index < -0.39 is 0 Å². The van der Waals surface area contributed by atoms with Gasteiger partial charge in [-0.25, -0.2) is 15.0 Å². The fourth-order valence-electron chi connectivity index (χ4n) is 1.57. The minimum absolute atomic E-state index is 0.193. The van der Waals surface area contributed by atoms with Gasteiger partial charge in [0.15, 0.2) is 5.13 Å². The van der Waals surface area contributed by atoms with Crippen molar-refractivity contribution in [2.45, 2.75) is 6.54 Å². The number of nitrogens with one attached hydrogen (secondary N) is 2. The Morgan fingerprint density at radius 3 is 2.81 bits per heavy atom. The van der Waals surface area contributed by atoms with Crippen LogP contribution in [-0.2, 0) is 6.54 Å². The molecule has 0 fully saturated rings. The predicted molar refractivity (Wildman–Crippen MR) is 82.9 cm³/mol. The van der Waals surface area contributed by atoms with Crippen molar-refractivity contribution in [2.75, 3.05) is 5.32 Å². The van der Waals surface area contributed by atoms with E-state index in [0.29, 0.717) is 23.3 Å². The van der Waals surface area contributed by atoms with E-state index in [2.05, 4.69) is 25.6 Å². The van der Waals surface area contributed by atoms with Crippen LogP contribution < -0.4 is 10.6 Å². The van der Waals surface area contributed by atoms with Crippen LogP contribution in [0.25, 0.3) is 0 Å². The lowest BCUT2D eigenvalue weighted by Gasteiger charge is -2.00. The van der Waals surface area contributed by atoms with Crippen LogP contribution in [0.5, 0.6) is 0 Å². The van der Waals surface area contributed by atoms with Crippen LogP contribution in [0, 0.1) is 0 Å². The summed E-state index contributed by atoms with van der Waals surface area (Å²) in [5.41, 5.74) is 0.384. The normalized spacial score (nSPS) is 10.3. The SMILES string of the molecule is O=C(NCc1cccs1)c1csc(Nc2ncccn2)n1. The topological polar surface area (TPSA) is 79.8 Å². The molecule has 0 saturated carbocycles. The van der Waals surface area contributed by atoms with Gasteiger partial charge in [-0.1, -0.05) is 6.07 Å². The molecule has 0 unspecified atom stereocenters. The molecule has 1 amide bonds. The number of nitrogens with zero attached hydrogens (tertiary/aromatic N) is 3. The Kier molecular flexibility index (Phi) is 4.17. The average molecular weight is 317 g/mol. The number of hydrogen-bond acceptors (Lipinski definition) is 7. The summed E-state index contributed by atoms with van der Waals surface area (Å²) >= 11 is 2.94. The van der Waals surface area contributed by atoms with Crippen LogP contribution in [0.15, 0.2) is 41.4 Å². The molecule has 6 nitrogen and oxygen atoms in total. The van der Waals surface area contributed by atoms with E-state index in [0.717, 1.165) is 4.88 Å². The third-order valence-corrected chi connectivity index (χ3v) is 4.16. The Bertz CT molecular complexity index is 711. The van der Waals surface area contributed by atoms with E-state index in [1.807, 2.05) is 17.5 Å². The summed E-state index contributed by atoms with van der Waals surface area (Å²) in [5.74, 6) is 0.263. The smallest absolute Gasteiger partial charge is 0.271 e. The molecule has 2 N–H and O–H groups in total. The van der Waals surface area contributed by atoms with Crippen LogP contribution >= 0.6 is 22.7 Å². The molecular formula is C13H11N5OS2. The molecule has 21 heavy (non-hydrogen) atoms. The molecule has 3 aromatic rings. The molecule has 0 aliphatic rings. The quantitative estimate of drug-likeness (QED) is 0.756. The first kappa shape index (κ1) is 13.7. The zero-order valence-electron chi connectivity index (χ0n) is 10.8. The van der Waals surface area contributed by atoms with Crippen molar-refractivity contribution in [1.29, 1.82) is 0 Å². The average Bonchev–Trinajstić information content (AvgIpc) is 3.17. The van der Waals surface area contributed by atoms with Gasteiger partial charge in [0.05, 0.1) is 6.54 Å². The maximum absolute atomic E-state index is 12.0. The van der Waals surface area contributed by atoms with Crippen molar-refractivity contribution < 1.29 is 4.79 Å². The summed E-state index contributed by atoms with van der Waals surface area (Å²) in [5, 5.41) is 10.1. The highest BCUT2D eigenvalue weighted by molar-refractivity contribution is 7.14. The van der Waals surface area contributed by atoms with Gasteiger partial charge in [0, 0.05) is 22.7 Å². The molecule has 3 aromatic heterocycles. The Hall–Kier alpha value is -2.32. The molecule has 3 heterocycles. The van der Waals surface area contributed by atoms with Crippen LogP contribution in [-0.4, -0.2) is 20.9 Å². The zero-order valence-corrected chi connectivity index (χ0v) is 12.4. The molecule has 8 heteroatoms. The number of amides is 1. The maximum Gasteiger partial charge on any atom is 0.271 e. The highest BCUT2D eigenvalue weighted by Gasteiger charge is 2.11. The summed E-state index contributed by atoms with van der Waals surface area (Å²) in [4.78, 5) is 25.4. The Morgan fingerprint density at radius 2 is 2.05 bits per heavy atom. The third-order valence-electron chi connectivity index (χ3n) is 2.52. The molecule has 106 valence electrons. The van der Waals surface area contributed by atoms with Gasteiger partial charge in [0.25, 0.3) is 5.91 Å². The second-order valence-electron chi connectivity index (χ2n) is 4.00. The van der Waals surface area contributed by atoms with Gasteiger partial charge >= 0.3 is 0 Å². The molecule has 0 atom stereocenters. The number of thiophene rings is 1. The lowest BCUT2D eigenvalue weighted by Crippen LogP contribution is -2.22. The van der Waals surface area contributed by atoms with E-state index in [9.17, 15) is 4.79 Å². The van der Waals surface area contributed by atoms with E-state index in [4.69, 9.17) is 0 Å². The lowest BCUT2D eigenvalue weighted by molar-refractivity contribution is 0.0947. The minimum atomic E-state index is -0.193. The molecule has 0 aliphatic heterocycles. The monoisotopic (exact) mass is 317 g/mol. The van der Waals surface area contributed by atoms with Crippen LogP contribution in [0.2, 0.25) is 0 Å². The number of anilines is 2. The van der Waals surface area contributed by atoms with E-state index >= 15 is 0 Å². The number of rotatable bonds is 5.